The molecule has 0 unspecified atom stereocenters. The van der Waals surface area contributed by atoms with E-state index in [-0.39, 0.29) is 35.4 Å². The predicted octanol–water partition coefficient (Wildman–Crippen LogP) is -13.4. The van der Waals surface area contributed by atoms with E-state index in [4.69, 9.17) is 4.74 Å². The van der Waals surface area contributed by atoms with E-state index in [0.717, 1.165) is 0 Å². The third-order valence-corrected chi connectivity index (χ3v) is 10.5. The fourth-order valence-corrected chi connectivity index (χ4v) is 6.93. The van der Waals surface area contributed by atoms with E-state index < -0.39 is 17.3 Å². The van der Waals surface area contributed by atoms with Crippen molar-refractivity contribution in [3.63, 3.8) is 0 Å². The van der Waals surface area contributed by atoms with Crippen LogP contribution in [-0.4, -0.2) is 118 Å². The number of benzene rings is 2. The molecule has 0 saturated carbocycles. The summed E-state index contributed by atoms with van der Waals surface area (Å²) in [5.74, 6) is -1.85. The molecule has 1 aliphatic rings. The molecule has 3 aromatic rings. The summed E-state index contributed by atoms with van der Waals surface area (Å²) in [5, 5.41) is 4.64. The van der Waals surface area contributed by atoms with Gasteiger partial charge in [-0.1, -0.05) is 46.8 Å². The Morgan fingerprint density at radius 3 is 1.55 bits per heavy atom. The van der Waals surface area contributed by atoms with Crippen molar-refractivity contribution in [2.75, 3.05) is 6.54 Å². The van der Waals surface area contributed by atoms with Gasteiger partial charge in [-0.05, 0) is 13.8 Å². The number of carbonyl (C=O) groups is 2. The number of amides is 1. The van der Waals surface area contributed by atoms with Crippen LogP contribution in [0.1, 0.15) is 61.3 Å². The zero-order valence-electron chi connectivity index (χ0n) is 29.1. The third kappa shape index (κ3) is 5.38. The minimum Gasteiger partial charge on any atom is -0.420 e. The first-order chi connectivity index (χ1) is 20.4. The van der Waals surface area contributed by atoms with Gasteiger partial charge in [0.2, 0.25) is 11.2 Å². The van der Waals surface area contributed by atoms with Crippen LogP contribution in [0.25, 0.3) is 0 Å². The average molecular weight is 578 g/mol. The maximum absolute atomic E-state index is 14.1. The number of rotatable bonds is 6. The number of hydrogen-bond acceptors (Lipinski definition) is 5. The van der Waals surface area contributed by atoms with Gasteiger partial charge in [0.25, 0.3) is 5.91 Å². The second-order valence-electron chi connectivity index (χ2n) is 13.4. The fourth-order valence-electron chi connectivity index (χ4n) is 6.93. The van der Waals surface area contributed by atoms with Crippen molar-refractivity contribution < 1.29 is 14.3 Å². The Morgan fingerprint density at radius 1 is 0.750 bits per heavy atom. The number of nitrogens with zero attached hydrogens (tertiary/aromatic N) is 3. The second-order valence-corrected chi connectivity index (χ2v) is 13.4. The molecule has 216 valence electrons. The first-order valence-electron chi connectivity index (χ1n) is 15.7. The molecule has 1 amide bonds. The maximum atomic E-state index is 14.1. The predicted molar refractivity (Wildman–Crippen MR) is 211 cm³/mol. The van der Waals surface area contributed by atoms with Crippen molar-refractivity contribution in [2.24, 2.45) is 5.92 Å². The summed E-state index contributed by atoms with van der Waals surface area (Å²) in [5.41, 5.74) is 14.3. The van der Waals surface area contributed by atoms with Gasteiger partial charge in [0.1, 0.15) is 78.5 Å². The molecular formula is C27H39B10N3O4. The van der Waals surface area contributed by atoms with Crippen molar-refractivity contribution >= 4 is 145 Å². The molecule has 1 aliphatic heterocycles. The molecule has 0 radical (unpaired) electrons. The lowest BCUT2D eigenvalue weighted by Crippen LogP contribution is -2.61. The van der Waals surface area contributed by atoms with Crippen LogP contribution in [-0.2, 0) is 4.79 Å². The molecule has 0 spiro atoms. The first-order valence-corrected chi connectivity index (χ1v) is 15.7. The summed E-state index contributed by atoms with van der Waals surface area (Å²) in [7, 11) is 21.9. The van der Waals surface area contributed by atoms with E-state index in [1.165, 1.54) is 72.0 Å². The van der Waals surface area contributed by atoms with Gasteiger partial charge in [0, 0.05) is 18.5 Å². The summed E-state index contributed by atoms with van der Waals surface area (Å²) in [4.78, 5) is 42.0. The van der Waals surface area contributed by atoms with E-state index in [9.17, 15) is 14.4 Å². The maximum Gasteiger partial charge on any atom is 0.313 e. The number of ether oxygens (including phenoxy) is 1. The lowest BCUT2D eigenvalue weighted by Gasteiger charge is -2.43. The number of fused-ring (bicyclic) bond motifs is 1. The standard InChI is InChI=1S/C27H39B10N3O4/c1-7(2)27(43)44-25-10(41)5-38-40-9(6-39(8(3)4)26(42)24(25)40)11(12-14(28)18(32)22(36)19(33)15(12)29)13-16(30)20(34)23(37)21(35)17(13)31/h5,7-9,11H,6,28-37H2,1-4H3/t9-/m1/s1. The monoisotopic (exact) mass is 579 g/mol. The molecule has 0 bridgehead atoms. The molecule has 1 aromatic heterocycles. The van der Waals surface area contributed by atoms with Gasteiger partial charge in [-0.15, -0.1) is 32.8 Å². The molecule has 0 saturated heterocycles. The lowest BCUT2D eigenvalue weighted by molar-refractivity contribution is -0.137. The number of hydrogen-bond donors (Lipinski definition) is 0. The van der Waals surface area contributed by atoms with Gasteiger partial charge in [-0.2, -0.15) is 5.10 Å². The Kier molecular flexibility index (Phi) is 9.50. The quantitative estimate of drug-likeness (QED) is 0.215. The molecular weight excluding hydrogens is 538 g/mol. The molecule has 0 aliphatic carbocycles. The molecule has 0 fully saturated rings. The van der Waals surface area contributed by atoms with Crippen molar-refractivity contribution in [1.29, 1.82) is 0 Å². The molecule has 17 heteroatoms. The minimum absolute atomic E-state index is 0.0353. The molecule has 0 N–H and O–H groups in total. The van der Waals surface area contributed by atoms with Gasteiger partial charge >= 0.3 is 5.97 Å². The fraction of sp³-hybridized carbons (Fsp3) is 0.333. The smallest absolute Gasteiger partial charge is 0.313 e. The van der Waals surface area contributed by atoms with Gasteiger partial charge < -0.3 is 9.64 Å². The second kappa shape index (κ2) is 12.4. The van der Waals surface area contributed by atoms with Gasteiger partial charge in [0.15, 0.2) is 5.69 Å². The van der Waals surface area contributed by atoms with E-state index in [0.29, 0.717) is 6.54 Å². The number of esters is 1. The SMILES string of the molecule is Bc1c(B)c(B)c(C(c2c(B)c(B)c(B)c(B)c2B)[C@H]2CN(C(C)C)C(=O)c3c(OC(=O)C(C)C)c(=O)cnn32)c(B)c1B. The van der Waals surface area contributed by atoms with Crippen LogP contribution in [0, 0.1) is 5.92 Å². The van der Waals surface area contributed by atoms with E-state index in [2.05, 4.69) is 83.6 Å². The summed E-state index contributed by atoms with van der Waals surface area (Å²) >= 11 is 0. The number of aromatic nitrogens is 2. The Morgan fingerprint density at radius 2 is 1.16 bits per heavy atom. The molecule has 44 heavy (non-hydrogen) atoms. The third-order valence-electron chi connectivity index (χ3n) is 10.5. The first kappa shape index (κ1) is 33.8. The molecule has 2 aromatic carbocycles. The van der Waals surface area contributed by atoms with Crippen molar-refractivity contribution in [3.05, 3.63) is 33.2 Å². The van der Waals surface area contributed by atoms with Crippen molar-refractivity contribution in [3.8, 4) is 5.75 Å². The van der Waals surface area contributed by atoms with E-state index >= 15 is 0 Å². The van der Waals surface area contributed by atoms with Crippen LogP contribution in [0.2, 0.25) is 0 Å². The zero-order valence-corrected chi connectivity index (χ0v) is 29.1. The Hall–Kier alpha value is -3.09. The largest absolute Gasteiger partial charge is 0.420 e. The summed E-state index contributed by atoms with van der Waals surface area (Å²) in [6.07, 6.45) is 1.19. The number of carbonyl (C=O) groups excluding carboxylic acids is 2. The highest BCUT2D eigenvalue weighted by atomic mass is 16.5. The normalized spacial score (nSPS) is 14.8. The Balaban J connectivity index is 2.21. The highest BCUT2D eigenvalue weighted by Gasteiger charge is 2.43. The Bertz CT molecular complexity index is 1650. The summed E-state index contributed by atoms with van der Waals surface area (Å²) in [6, 6.07) is -0.532. The zero-order chi connectivity index (χ0) is 33.1. The molecule has 2 heterocycles. The van der Waals surface area contributed by atoms with Gasteiger partial charge in [0.05, 0.1) is 18.2 Å². The van der Waals surface area contributed by atoms with E-state index in [1.54, 1.807) is 23.4 Å². The highest BCUT2D eigenvalue weighted by molar-refractivity contribution is 6.68. The van der Waals surface area contributed by atoms with Crippen molar-refractivity contribution in [2.45, 2.75) is 45.7 Å². The summed E-state index contributed by atoms with van der Waals surface area (Å²) in [6.45, 7) is 7.74. The van der Waals surface area contributed by atoms with E-state index in [1.807, 2.05) is 13.8 Å². The van der Waals surface area contributed by atoms with Crippen molar-refractivity contribution in [1.82, 2.24) is 14.7 Å². The summed E-state index contributed by atoms with van der Waals surface area (Å²) < 4.78 is 7.37. The van der Waals surface area contributed by atoms with Crippen LogP contribution in [0.5, 0.6) is 5.75 Å². The van der Waals surface area contributed by atoms with Gasteiger partial charge in [-0.25, -0.2) is 0 Å². The highest BCUT2D eigenvalue weighted by Crippen LogP contribution is 2.37. The Labute approximate surface area is 270 Å². The lowest BCUT2D eigenvalue weighted by atomic mass is 9.54. The topological polar surface area (TPSA) is 81.5 Å². The molecule has 1 atom stereocenters. The molecule has 4 rings (SSSR count). The van der Waals surface area contributed by atoms with Gasteiger partial charge in [-0.3, -0.25) is 19.1 Å². The van der Waals surface area contributed by atoms with Crippen LogP contribution < -0.4 is 64.8 Å². The van der Waals surface area contributed by atoms with Crippen LogP contribution in [0.15, 0.2) is 11.0 Å². The molecule has 7 nitrogen and oxygen atoms in total. The van der Waals surface area contributed by atoms with Crippen LogP contribution in [0.4, 0.5) is 0 Å². The van der Waals surface area contributed by atoms with Crippen LogP contribution in [0.3, 0.4) is 0 Å². The minimum atomic E-state index is -0.580. The average Bonchev–Trinajstić information content (AvgIpc) is 2.97. The van der Waals surface area contributed by atoms with Crippen LogP contribution >= 0.6 is 0 Å².